The van der Waals surface area contributed by atoms with E-state index in [1.807, 2.05) is 6.92 Å². The maximum atomic E-state index is 12.3. The van der Waals surface area contributed by atoms with Crippen molar-refractivity contribution in [2.45, 2.75) is 19.9 Å². The highest BCUT2D eigenvalue weighted by Gasteiger charge is 2.33. The van der Waals surface area contributed by atoms with Crippen molar-refractivity contribution in [3.05, 3.63) is 33.9 Å². The standard InChI is InChI=1S/C14H19N3O4/c1-3-15-12-8-21-7-11(12)14(18)16-10-4-5-13(17(19)20)9(2)6-10/h4-6,11-12,15H,3,7-8H2,1-2H3,(H,16,18). The van der Waals surface area contributed by atoms with E-state index in [2.05, 4.69) is 10.6 Å². The molecule has 1 aliphatic heterocycles. The van der Waals surface area contributed by atoms with Crippen LogP contribution in [0.25, 0.3) is 0 Å². The molecular formula is C14H19N3O4. The molecule has 2 rings (SSSR count). The number of nitrogens with zero attached hydrogens (tertiary/aromatic N) is 1. The Morgan fingerprint density at radius 3 is 2.86 bits per heavy atom. The van der Waals surface area contributed by atoms with Crippen molar-refractivity contribution in [3.8, 4) is 0 Å². The van der Waals surface area contributed by atoms with Gasteiger partial charge in [0.1, 0.15) is 0 Å². The van der Waals surface area contributed by atoms with Crippen molar-refractivity contribution in [1.29, 1.82) is 0 Å². The largest absolute Gasteiger partial charge is 0.379 e. The van der Waals surface area contributed by atoms with Crippen LogP contribution in [0.3, 0.4) is 0 Å². The number of nitro benzene ring substituents is 1. The lowest BCUT2D eigenvalue weighted by Gasteiger charge is -2.17. The first-order chi connectivity index (χ1) is 10.0. The fraction of sp³-hybridized carbons (Fsp3) is 0.500. The lowest BCUT2D eigenvalue weighted by Crippen LogP contribution is -2.41. The highest BCUT2D eigenvalue weighted by Crippen LogP contribution is 2.23. The fourth-order valence-electron chi connectivity index (χ4n) is 2.45. The van der Waals surface area contributed by atoms with Gasteiger partial charge in [0.15, 0.2) is 0 Å². The summed E-state index contributed by atoms with van der Waals surface area (Å²) in [5.74, 6) is -0.382. The zero-order chi connectivity index (χ0) is 15.4. The second-order valence-electron chi connectivity index (χ2n) is 5.06. The lowest BCUT2D eigenvalue weighted by molar-refractivity contribution is -0.385. The van der Waals surface area contributed by atoms with Crippen LogP contribution < -0.4 is 10.6 Å². The number of ether oxygens (including phenoxy) is 1. The topological polar surface area (TPSA) is 93.5 Å². The SMILES string of the molecule is CCNC1COCC1C(=O)Nc1ccc([N+](=O)[O-])c(C)c1. The summed E-state index contributed by atoms with van der Waals surface area (Å²) in [5.41, 5.74) is 1.12. The molecule has 0 saturated carbocycles. The number of likely N-dealkylation sites (N-methyl/N-ethyl adjacent to an activating group) is 1. The average molecular weight is 293 g/mol. The van der Waals surface area contributed by atoms with Crippen LogP contribution in [0, 0.1) is 23.0 Å². The summed E-state index contributed by atoms with van der Waals surface area (Å²) in [4.78, 5) is 22.6. The molecule has 7 heteroatoms. The van der Waals surface area contributed by atoms with Crippen LogP contribution >= 0.6 is 0 Å². The maximum absolute atomic E-state index is 12.3. The molecule has 1 heterocycles. The van der Waals surface area contributed by atoms with Gasteiger partial charge in [-0.15, -0.1) is 0 Å². The Bertz CT molecular complexity index is 547. The van der Waals surface area contributed by atoms with Gasteiger partial charge in [-0.25, -0.2) is 0 Å². The summed E-state index contributed by atoms with van der Waals surface area (Å²) < 4.78 is 5.34. The molecule has 0 aromatic heterocycles. The van der Waals surface area contributed by atoms with E-state index < -0.39 is 4.92 Å². The Hall–Kier alpha value is -1.99. The number of anilines is 1. The van der Waals surface area contributed by atoms with Gasteiger partial charge in [-0.2, -0.15) is 0 Å². The number of nitrogens with one attached hydrogen (secondary N) is 2. The fourth-order valence-corrected chi connectivity index (χ4v) is 2.45. The summed E-state index contributed by atoms with van der Waals surface area (Å²) in [6.45, 7) is 5.30. The molecule has 1 aliphatic rings. The van der Waals surface area contributed by atoms with Crippen molar-refractivity contribution < 1.29 is 14.5 Å². The van der Waals surface area contributed by atoms with Gasteiger partial charge >= 0.3 is 0 Å². The highest BCUT2D eigenvalue weighted by molar-refractivity contribution is 5.93. The molecule has 1 aromatic carbocycles. The quantitative estimate of drug-likeness (QED) is 0.633. The van der Waals surface area contributed by atoms with Crippen LogP contribution in [-0.2, 0) is 9.53 Å². The number of amides is 1. The summed E-state index contributed by atoms with van der Waals surface area (Å²) in [7, 11) is 0. The van der Waals surface area contributed by atoms with Gasteiger partial charge in [-0.1, -0.05) is 6.92 Å². The smallest absolute Gasteiger partial charge is 0.272 e. The molecule has 2 atom stereocenters. The number of benzene rings is 1. The van der Waals surface area contributed by atoms with E-state index in [1.54, 1.807) is 19.1 Å². The van der Waals surface area contributed by atoms with Crippen LogP contribution in [-0.4, -0.2) is 36.6 Å². The monoisotopic (exact) mass is 293 g/mol. The zero-order valence-electron chi connectivity index (χ0n) is 12.1. The Balaban J connectivity index is 2.06. The van der Waals surface area contributed by atoms with Crippen molar-refractivity contribution in [3.63, 3.8) is 0 Å². The summed E-state index contributed by atoms with van der Waals surface area (Å²) in [6, 6.07) is 4.56. The van der Waals surface area contributed by atoms with Gasteiger partial charge in [-0.05, 0) is 25.6 Å². The van der Waals surface area contributed by atoms with E-state index in [1.165, 1.54) is 6.07 Å². The molecule has 2 unspecified atom stereocenters. The van der Waals surface area contributed by atoms with Crippen molar-refractivity contribution in [2.75, 3.05) is 25.1 Å². The van der Waals surface area contributed by atoms with Crippen LogP contribution in [0.1, 0.15) is 12.5 Å². The number of aryl methyl sites for hydroxylation is 1. The summed E-state index contributed by atoms with van der Waals surface area (Å²) in [5, 5.41) is 16.8. The number of carbonyl (C=O) groups is 1. The number of nitro groups is 1. The van der Waals surface area contributed by atoms with E-state index in [0.717, 1.165) is 6.54 Å². The number of rotatable bonds is 5. The molecule has 0 spiro atoms. The van der Waals surface area contributed by atoms with E-state index in [0.29, 0.717) is 24.5 Å². The molecule has 7 nitrogen and oxygen atoms in total. The van der Waals surface area contributed by atoms with E-state index in [9.17, 15) is 14.9 Å². The molecule has 21 heavy (non-hydrogen) atoms. The normalized spacial score (nSPS) is 21.2. The number of carbonyl (C=O) groups excluding carboxylic acids is 1. The first-order valence-electron chi connectivity index (χ1n) is 6.90. The minimum atomic E-state index is -0.438. The number of hydrogen-bond acceptors (Lipinski definition) is 5. The Morgan fingerprint density at radius 2 is 2.24 bits per heavy atom. The number of hydrogen-bond donors (Lipinski definition) is 2. The van der Waals surface area contributed by atoms with E-state index in [4.69, 9.17) is 4.74 Å². The minimum Gasteiger partial charge on any atom is -0.379 e. The first-order valence-corrected chi connectivity index (χ1v) is 6.90. The van der Waals surface area contributed by atoms with Gasteiger partial charge in [0.25, 0.3) is 5.69 Å². The Kier molecular flexibility index (Phi) is 4.87. The molecule has 1 fully saturated rings. The van der Waals surface area contributed by atoms with Crippen molar-refractivity contribution in [2.24, 2.45) is 5.92 Å². The maximum Gasteiger partial charge on any atom is 0.272 e. The van der Waals surface area contributed by atoms with Crippen LogP contribution in [0.4, 0.5) is 11.4 Å². The van der Waals surface area contributed by atoms with Crippen LogP contribution in [0.15, 0.2) is 18.2 Å². The molecule has 0 aliphatic carbocycles. The Morgan fingerprint density at radius 1 is 1.48 bits per heavy atom. The third-order valence-electron chi connectivity index (χ3n) is 3.54. The summed E-state index contributed by atoms with van der Waals surface area (Å²) in [6.07, 6.45) is 0. The second-order valence-corrected chi connectivity index (χ2v) is 5.06. The van der Waals surface area contributed by atoms with Gasteiger partial charge in [0, 0.05) is 23.4 Å². The van der Waals surface area contributed by atoms with Crippen molar-refractivity contribution >= 4 is 17.3 Å². The third kappa shape index (κ3) is 3.56. The third-order valence-corrected chi connectivity index (χ3v) is 3.54. The van der Waals surface area contributed by atoms with Gasteiger partial charge < -0.3 is 15.4 Å². The summed E-state index contributed by atoms with van der Waals surface area (Å²) >= 11 is 0. The molecule has 1 amide bonds. The van der Waals surface area contributed by atoms with E-state index in [-0.39, 0.29) is 23.6 Å². The first kappa shape index (κ1) is 15.4. The lowest BCUT2D eigenvalue weighted by atomic mass is 10.0. The second kappa shape index (κ2) is 6.64. The van der Waals surface area contributed by atoms with Gasteiger partial charge in [0.2, 0.25) is 5.91 Å². The minimum absolute atomic E-state index is 0.00847. The predicted octanol–water partition coefficient (Wildman–Crippen LogP) is 1.47. The zero-order valence-corrected chi connectivity index (χ0v) is 12.1. The molecule has 2 N–H and O–H groups in total. The van der Waals surface area contributed by atoms with Crippen molar-refractivity contribution in [1.82, 2.24) is 5.32 Å². The molecule has 1 aromatic rings. The predicted molar refractivity (Wildman–Crippen MR) is 78.2 cm³/mol. The average Bonchev–Trinajstić information content (AvgIpc) is 2.87. The molecular weight excluding hydrogens is 274 g/mol. The van der Waals surface area contributed by atoms with Crippen LogP contribution in [0.5, 0.6) is 0 Å². The van der Waals surface area contributed by atoms with Crippen LogP contribution in [0.2, 0.25) is 0 Å². The van der Waals surface area contributed by atoms with Gasteiger partial charge in [-0.3, -0.25) is 14.9 Å². The molecule has 0 bridgehead atoms. The highest BCUT2D eigenvalue weighted by atomic mass is 16.6. The Labute approximate surface area is 122 Å². The van der Waals surface area contributed by atoms with E-state index >= 15 is 0 Å². The molecule has 0 radical (unpaired) electrons. The van der Waals surface area contributed by atoms with Gasteiger partial charge in [0.05, 0.1) is 24.1 Å². The molecule has 114 valence electrons. The molecule has 1 saturated heterocycles.